The Morgan fingerprint density at radius 1 is 1.14 bits per heavy atom. The normalized spacial score (nSPS) is 14.5. The smallest absolute Gasteiger partial charge is 0.335 e. The first-order valence-corrected chi connectivity index (χ1v) is 6.91. The Kier molecular flexibility index (Phi) is 3.50. The number of pyridine rings is 1. The summed E-state index contributed by atoms with van der Waals surface area (Å²) in [5, 5.41) is 9.05. The molecular weight excluding hydrogens is 282 g/mol. The van der Waals surface area contributed by atoms with Crippen molar-refractivity contribution < 1.29 is 14.7 Å². The number of urea groups is 1. The standard InChI is InChI=1S/C16H15N3O3/c1-11-5-6-14(10-17-11)19-8-7-18(16(19)22)13-4-2-3-12(9-13)15(20)21/h2-6,9-10H,7-8H2,1H3,(H,20,21). The quantitative estimate of drug-likeness (QED) is 0.944. The van der Waals surface area contributed by atoms with E-state index in [9.17, 15) is 9.59 Å². The first kappa shape index (κ1) is 14.1. The molecule has 0 aliphatic carbocycles. The molecule has 112 valence electrons. The van der Waals surface area contributed by atoms with Gasteiger partial charge in [0.05, 0.1) is 17.4 Å². The number of carbonyl (C=O) groups excluding carboxylic acids is 1. The predicted octanol–water partition coefficient (Wildman–Crippen LogP) is 2.53. The van der Waals surface area contributed by atoms with Gasteiger partial charge in [-0.05, 0) is 37.3 Å². The molecule has 2 aromatic rings. The number of carboxylic acid groups (broad SMARTS) is 1. The van der Waals surface area contributed by atoms with Crippen LogP contribution in [0.3, 0.4) is 0 Å². The van der Waals surface area contributed by atoms with Crippen LogP contribution >= 0.6 is 0 Å². The minimum atomic E-state index is -1.01. The summed E-state index contributed by atoms with van der Waals surface area (Å²) in [6.07, 6.45) is 1.67. The van der Waals surface area contributed by atoms with Gasteiger partial charge in [-0.1, -0.05) is 6.07 Å². The molecule has 1 aliphatic rings. The summed E-state index contributed by atoms with van der Waals surface area (Å²) in [4.78, 5) is 31.0. The lowest BCUT2D eigenvalue weighted by molar-refractivity contribution is 0.0697. The van der Waals surface area contributed by atoms with Gasteiger partial charge in [0.2, 0.25) is 0 Å². The molecule has 0 unspecified atom stereocenters. The molecule has 1 aromatic carbocycles. The van der Waals surface area contributed by atoms with Crippen LogP contribution in [0.5, 0.6) is 0 Å². The molecule has 1 saturated heterocycles. The summed E-state index contributed by atoms with van der Waals surface area (Å²) in [5.74, 6) is -1.01. The van der Waals surface area contributed by atoms with Crippen LogP contribution in [-0.4, -0.2) is 35.2 Å². The van der Waals surface area contributed by atoms with Gasteiger partial charge in [-0.2, -0.15) is 0 Å². The van der Waals surface area contributed by atoms with Crippen molar-refractivity contribution in [3.05, 3.63) is 53.9 Å². The third-order valence-electron chi connectivity index (χ3n) is 3.62. The fraction of sp³-hybridized carbons (Fsp3) is 0.188. The van der Waals surface area contributed by atoms with Crippen molar-refractivity contribution in [2.75, 3.05) is 22.9 Å². The highest BCUT2D eigenvalue weighted by Crippen LogP contribution is 2.25. The predicted molar refractivity (Wildman–Crippen MR) is 82.5 cm³/mol. The number of anilines is 2. The molecule has 2 heterocycles. The van der Waals surface area contributed by atoms with Crippen molar-refractivity contribution in [2.45, 2.75) is 6.92 Å². The molecule has 6 nitrogen and oxygen atoms in total. The number of hydrogen-bond acceptors (Lipinski definition) is 3. The van der Waals surface area contributed by atoms with Crippen LogP contribution in [0.4, 0.5) is 16.2 Å². The van der Waals surface area contributed by atoms with Gasteiger partial charge in [0.25, 0.3) is 0 Å². The number of nitrogens with zero attached hydrogens (tertiary/aromatic N) is 3. The second kappa shape index (κ2) is 5.48. The average molecular weight is 297 g/mol. The van der Waals surface area contributed by atoms with Gasteiger partial charge in [-0.3, -0.25) is 14.8 Å². The highest BCUT2D eigenvalue weighted by atomic mass is 16.4. The number of aromatic carboxylic acids is 1. The number of carbonyl (C=O) groups is 2. The number of rotatable bonds is 3. The number of benzene rings is 1. The van der Waals surface area contributed by atoms with Gasteiger partial charge < -0.3 is 5.11 Å². The molecule has 3 rings (SSSR count). The maximum atomic E-state index is 12.5. The van der Waals surface area contributed by atoms with Crippen LogP contribution in [0.15, 0.2) is 42.6 Å². The molecule has 0 saturated carbocycles. The first-order chi connectivity index (χ1) is 10.6. The van der Waals surface area contributed by atoms with Gasteiger partial charge >= 0.3 is 12.0 Å². The van der Waals surface area contributed by atoms with Crippen LogP contribution < -0.4 is 9.80 Å². The van der Waals surface area contributed by atoms with Gasteiger partial charge in [-0.15, -0.1) is 0 Å². The molecule has 6 heteroatoms. The van der Waals surface area contributed by atoms with E-state index in [0.717, 1.165) is 11.4 Å². The lowest BCUT2D eigenvalue weighted by Crippen LogP contribution is -2.31. The highest BCUT2D eigenvalue weighted by Gasteiger charge is 2.31. The summed E-state index contributed by atoms with van der Waals surface area (Å²) in [5.41, 5.74) is 2.39. The molecular formula is C16H15N3O3. The number of aryl methyl sites for hydroxylation is 1. The van der Waals surface area contributed by atoms with Gasteiger partial charge in [0.15, 0.2) is 0 Å². The summed E-state index contributed by atoms with van der Waals surface area (Å²) in [6.45, 7) is 2.94. The van der Waals surface area contributed by atoms with E-state index in [0.29, 0.717) is 18.8 Å². The van der Waals surface area contributed by atoms with Crippen LogP contribution in [0, 0.1) is 6.92 Å². The van der Waals surface area contributed by atoms with Crippen molar-refractivity contribution in [1.29, 1.82) is 0 Å². The Balaban J connectivity index is 1.86. The van der Waals surface area contributed by atoms with Crippen molar-refractivity contribution in [3.8, 4) is 0 Å². The second-order valence-electron chi connectivity index (χ2n) is 5.10. The minimum absolute atomic E-state index is 0.167. The van der Waals surface area contributed by atoms with Crippen molar-refractivity contribution in [1.82, 2.24) is 4.98 Å². The summed E-state index contributed by atoms with van der Waals surface area (Å²) in [7, 11) is 0. The number of aromatic nitrogens is 1. The van der Waals surface area contributed by atoms with Crippen LogP contribution in [0.2, 0.25) is 0 Å². The van der Waals surface area contributed by atoms with E-state index in [4.69, 9.17) is 5.11 Å². The third kappa shape index (κ3) is 2.50. The molecule has 1 N–H and O–H groups in total. The summed E-state index contributed by atoms with van der Waals surface area (Å²) in [6, 6.07) is 9.94. The SMILES string of the molecule is Cc1ccc(N2CCN(c3cccc(C(=O)O)c3)C2=O)cn1. The number of hydrogen-bond donors (Lipinski definition) is 1. The zero-order valence-corrected chi connectivity index (χ0v) is 12.1. The fourth-order valence-corrected chi connectivity index (χ4v) is 2.44. The van der Waals surface area contributed by atoms with E-state index in [2.05, 4.69) is 4.98 Å². The fourth-order valence-electron chi connectivity index (χ4n) is 2.44. The number of carboxylic acids is 1. The summed E-state index contributed by atoms with van der Waals surface area (Å²) < 4.78 is 0. The van der Waals surface area contributed by atoms with E-state index in [1.807, 2.05) is 19.1 Å². The van der Waals surface area contributed by atoms with Crippen molar-refractivity contribution in [3.63, 3.8) is 0 Å². The zero-order valence-electron chi connectivity index (χ0n) is 12.1. The molecule has 1 aliphatic heterocycles. The maximum absolute atomic E-state index is 12.5. The molecule has 0 radical (unpaired) electrons. The summed E-state index contributed by atoms with van der Waals surface area (Å²) >= 11 is 0. The minimum Gasteiger partial charge on any atom is -0.478 e. The lowest BCUT2D eigenvalue weighted by Gasteiger charge is -2.19. The van der Waals surface area contributed by atoms with Crippen LogP contribution in [0.1, 0.15) is 16.1 Å². The van der Waals surface area contributed by atoms with E-state index < -0.39 is 5.97 Å². The largest absolute Gasteiger partial charge is 0.478 e. The van der Waals surface area contributed by atoms with Crippen LogP contribution in [-0.2, 0) is 0 Å². The first-order valence-electron chi connectivity index (χ1n) is 6.91. The average Bonchev–Trinajstić information content (AvgIpc) is 2.90. The van der Waals surface area contributed by atoms with E-state index in [1.54, 1.807) is 28.1 Å². The van der Waals surface area contributed by atoms with Crippen LogP contribution in [0.25, 0.3) is 0 Å². The molecule has 1 aromatic heterocycles. The monoisotopic (exact) mass is 297 g/mol. The van der Waals surface area contributed by atoms with E-state index in [-0.39, 0.29) is 11.6 Å². The Bertz CT molecular complexity index is 728. The molecule has 0 atom stereocenters. The number of amides is 2. The van der Waals surface area contributed by atoms with Gasteiger partial charge in [-0.25, -0.2) is 9.59 Å². The second-order valence-corrected chi connectivity index (χ2v) is 5.10. The van der Waals surface area contributed by atoms with Gasteiger partial charge in [0.1, 0.15) is 0 Å². The van der Waals surface area contributed by atoms with Crippen molar-refractivity contribution >= 4 is 23.4 Å². The zero-order chi connectivity index (χ0) is 15.7. The maximum Gasteiger partial charge on any atom is 0.335 e. The molecule has 1 fully saturated rings. The highest BCUT2D eigenvalue weighted by molar-refractivity contribution is 6.06. The van der Waals surface area contributed by atoms with E-state index in [1.165, 1.54) is 12.1 Å². The van der Waals surface area contributed by atoms with Gasteiger partial charge in [0, 0.05) is 24.5 Å². The molecule has 0 spiro atoms. The Morgan fingerprint density at radius 3 is 2.50 bits per heavy atom. The molecule has 0 bridgehead atoms. The van der Waals surface area contributed by atoms with Crippen molar-refractivity contribution in [2.24, 2.45) is 0 Å². The lowest BCUT2D eigenvalue weighted by atomic mass is 10.2. The Morgan fingerprint density at radius 2 is 1.86 bits per heavy atom. The van der Waals surface area contributed by atoms with E-state index >= 15 is 0 Å². The topological polar surface area (TPSA) is 73.7 Å². The Labute approximate surface area is 127 Å². The third-order valence-corrected chi connectivity index (χ3v) is 3.62. The molecule has 2 amide bonds. The Hall–Kier alpha value is -2.89. The molecule has 22 heavy (non-hydrogen) atoms.